The van der Waals surface area contributed by atoms with Crippen LogP contribution in [0.1, 0.15) is 44.0 Å². The van der Waals surface area contributed by atoms with Crippen LogP contribution in [0.3, 0.4) is 0 Å². The van der Waals surface area contributed by atoms with E-state index in [-0.39, 0.29) is 20.5 Å². The van der Waals surface area contributed by atoms with Gasteiger partial charge in [-0.15, -0.1) is 0 Å². The van der Waals surface area contributed by atoms with Gasteiger partial charge in [0.2, 0.25) is 5.91 Å². The molecule has 0 aromatic carbocycles. The zero-order chi connectivity index (χ0) is 25.3. The number of ether oxygens (including phenoxy) is 1. The monoisotopic (exact) mass is 517 g/mol. The number of fused-ring (bicyclic) bond motifs is 1. The van der Waals surface area contributed by atoms with Crippen molar-refractivity contribution in [1.82, 2.24) is 34.8 Å². The molecule has 13 nitrogen and oxygen atoms in total. The van der Waals surface area contributed by atoms with Crippen LogP contribution >= 0.6 is 8.46 Å². The van der Waals surface area contributed by atoms with E-state index in [0.717, 1.165) is 37.9 Å². The topological polar surface area (TPSA) is 186 Å². The van der Waals surface area contributed by atoms with E-state index in [2.05, 4.69) is 35.6 Å². The van der Waals surface area contributed by atoms with Crippen molar-refractivity contribution < 1.29 is 19.2 Å². The van der Waals surface area contributed by atoms with Gasteiger partial charge < -0.3 is 31.2 Å². The maximum absolute atomic E-state index is 12.1. The first-order valence-corrected chi connectivity index (χ1v) is 13.1. The smallest absolute Gasteiger partial charge is 0.237 e. The number of nitrogens with two attached hydrogens (primary N) is 1. The molecule has 4 atom stereocenters. The van der Waals surface area contributed by atoms with E-state index in [9.17, 15) is 14.5 Å². The Kier molecular flexibility index (Phi) is 9.29. The lowest BCUT2D eigenvalue weighted by molar-refractivity contribution is -0.122. The Balaban J connectivity index is 1.15. The molecule has 1 aliphatic heterocycles. The average Bonchev–Trinajstić information content (AvgIpc) is 3.61. The minimum absolute atomic E-state index is 0.0560. The van der Waals surface area contributed by atoms with Crippen molar-refractivity contribution >= 4 is 31.3 Å². The molecule has 6 N–H and O–H groups in total. The number of aliphatic hydroxyl groups is 1. The predicted octanol–water partition coefficient (Wildman–Crippen LogP) is 1.15. The van der Waals surface area contributed by atoms with Gasteiger partial charge in [0.05, 0.1) is 37.1 Å². The summed E-state index contributed by atoms with van der Waals surface area (Å²) in [7, 11) is -0.0560. The summed E-state index contributed by atoms with van der Waals surface area (Å²) < 4.78 is 18.5. The number of unbranched alkanes of at least 4 members (excludes halogenated alkanes) is 3. The largest absolute Gasteiger partial charge is 0.390 e. The van der Waals surface area contributed by atoms with E-state index in [1.54, 1.807) is 23.4 Å². The van der Waals surface area contributed by atoms with Crippen molar-refractivity contribution in [2.75, 3.05) is 24.6 Å². The quantitative estimate of drug-likeness (QED) is 0.153. The summed E-state index contributed by atoms with van der Waals surface area (Å²) in [6.45, 7) is 1.32. The van der Waals surface area contributed by atoms with Gasteiger partial charge in [0.1, 0.15) is 12.6 Å². The van der Waals surface area contributed by atoms with Crippen LogP contribution in [-0.2, 0) is 20.5 Å². The number of nitrogens with zero attached hydrogens (tertiary/aromatic N) is 5. The van der Waals surface area contributed by atoms with Crippen LogP contribution < -0.4 is 16.4 Å². The molecule has 0 radical (unpaired) electrons. The zero-order valence-corrected chi connectivity index (χ0v) is 20.8. The van der Waals surface area contributed by atoms with Crippen molar-refractivity contribution in [3.8, 4) is 0 Å². The maximum Gasteiger partial charge on any atom is 0.237 e. The second kappa shape index (κ2) is 12.8. The Labute approximate surface area is 209 Å². The van der Waals surface area contributed by atoms with E-state index < -0.39 is 24.5 Å². The Morgan fingerprint density at radius 3 is 2.89 bits per heavy atom. The van der Waals surface area contributed by atoms with Gasteiger partial charge in [0.25, 0.3) is 0 Å². The van der Waals surface area contributed by atoms with Gasteiger partial charge >= 0.3 is 0 Å². The molecule has 1 saturated heterocycles. The van der Waals surface area contributed by atoms with Crippen LogP contribution in [0.25, 0.3) is 11.2 Å². The number of carbonyl (C=O) groups excluding carboxylic acids is 1. The first-order chi connectivity index (χ1) is 17.6. The molecule has 0 bridgehead atoms. The molecule has 1 fully saturated rings. The lowest BCUT2D eigenvalue weighted by Crippen LogP contribution is -2.42. The molecule has 14 heteroatoms. The average molecular weight is 518 g/mol. The Hall–Kier alpha value is -2.99. The fraction of sp³-hybridized carbons (Fsp3) is 0.591. The number of imidazole rings is 2. The molecule has 3 aromatic heterocycles. The van der Waals surface area contributed by atoms with Gasteiger partial charge in [-0.05, 0) is 12.8 Å². The van der Waals surface area contributed by atoms with Crippen molar-refractivity contribution in [1.29, 1.82) is 0 Å². The van der Waals surface area contributed by atoms with E-state index >= 15 is 0 Å². The SMILES string of the molecule is NC(Cc1cnc[nH]1)C(=O)NCCCCCCNc1ncnc2c1ncn2C1CC(O)C(CP=O)O1. The molecular weight excluding hydrogens is 485 g/mol. The summed E-state index contributed by atoms with van der Waals surface area (Å²) in [5.41, 5.74) is 8.02. The number of aliphatic hydroxyl groups excluding tert-OH is 1. The number of carbonyl (C=O) groups is 1. The summed E-state index contributed by atoms with van der Waals surface area (Å²) in [4.78, 5) is 32.1. The number of nitrogens with one attached hydrogen (secondary N) is 3. The first kappa shape index (κ1) is 26.1. The molecule has 36 heavy (non-hydrogen) atoms. The molecule has 194 valence electrons. The van der Waals surface area contributed by atoms with Crippen molar-refractivity contribution in [2.45, 2.75) is 63.0 Å². The molecule has 4 rings (SSSR count). The number of rotatable bonds is 14. The lowest BCUT2D eigenvalue weighted by Gasteiger charge is -2.13. The number of hydrogen-bond donors (Lipinski definition) is 5. The van der Waals surface area contributed by atoms with Gasteiger partial charge in [0, 0.05) is 37.8 Å². The number of hydrogen-bond acceptors (Lipinski definition) is 10. The highest BCUT2D eigenvalue weighted by Gasteiger charge is 2.35. The van der Waals surface area contributed by atoms with E-state index in [4.69, 9.17) is 10.5 Å². The van der Waals surface area contributed by atoms with Crippen LogP contribution in [0.2, 0.25) is 0 Å². The second-order valence-corrected chi connectivity index (χ2v) is 9.43. The maximum atomic E-state index is 12.1. The minimum Gasteiger partial charge on any atom is -0.390 e. The van der Waals surface area contributed by atoms with E-state index in [1.165, 1.54) is 6.33 Å². The standard InChI is InChI=1S/C22H32N9O4P/c23-15(7-14-9-24-11-27-14)22(33)26-6-4-2-1-3-5-25-20-19-21(29-12-28-20)31(13-30-19)18-8-16(32)17(35-18)10-36-34/h9,11-13,15-18,32H,1-8,10,23H2,(H,24,27)(H,26,33)(H,25,28,29). The fourth-order valence-corrected chi connectivity index (χ4v) is 4.67. The zero-order valence-electron chi connectivity index (χ0n) is 19.9. The number of aromatic amines is 1. The molecule has 0 aliphatic carbocycles. The highest BCUT2D eigenvalue weighted by Crippen LogP contribution is 2.32. The number of H-pyrrole nitrogens is 1. The number of amides is 1. The summed E-state index contributed by atoms with van der Waals surface area (Å²) in [5, 5.41) is 16.4. The molecular formula is C22H32N9O4P. The lowest BCUT2D eigenvalue weighted by atomic mass is 10.1. The van der Waals surface area contributed by atoms with Crippen LogP contribution in [0.15, 0.2) is 25.2 Å². The van der Waals surface area contributed by atoms with Crippen LogP contribution in [0.4, 0.5) is 5.82 Å². The summed E-state index contributed by atoms with van der Waals surface area (Å²) >= 11 is 0. The van der Waals surface area contributed by atoms with Crippen molar-refractivity contribution in [2.24, 2.45) is 5.73 Å². The van der Waals surface area contributed by atoms with E-state index in [1.807, 2.05) is 0 Å². The molecule has 1 aliphatic rings. The molecule has 4 unspecified atom stereocenters. The van der Waals surface area contributed by atoms with Gasteiger partial charge in [-0.2, -0.15) is 0 Å². The Morgan fingerprint density at radius 2 is 2.11 bits per heavy atom. The molecule has 4 heterocycles. The molecule has 0 saturated carbocycles. The normalized spacial score (nSPS) is 20.7. The van der Waals surface area contributed by atoms with Crippen LogP contribution in [0, 0.1) is 0 Å². The van der Waals surface area contributed by atoms with Gasteiger partial charge in [-0.1, -0.05) is 12.8 Å². The molecule has 3 aromatic rings. The number of aromatic nitrogens is 6. The second-order valence-electron chi connectivity index (χ2n) is 8.81. The third-order valence-corrected chi connectivity index (χ3v) is 6.66. The van der Waals surface area contributed by atoms with Gasteiger partial charge in [-0.25, -0.2) is 19.9 Å². The molecule has 0 spiro atoms. The Bertz CT molecular complexity index is 1130. The van der Waals surface area contributed by atoms with Gasteiger partial charge in [0.15, 0.2) is 25.4 Å². The third kappa shape index (κ3) is 6.61. The predicted molar refractivity (Wildman–Crippen MR) is 133 cm³/mol. The van der Waals surface area contributed by atoms with Crippen molar-refractivity contribution in [3.63, 3.8) is 0 Å². The third-order valence-electron chi connectivity index (χ3n) is 6.15. The summed E-state index contributed by atoms with van der Waals surface area (Å²) in [6.07, 6.45) is 9.64. The number of anilines is 1. The van der Waals surface area contributed by atoms with Crippen molar-refractivity contribution in [3.05, 3.63) is 30.9 Å². The van der Waals surface area contributed by atoms with Crippen LogP contribution in [-0.4, -0.2) is 78.0 Å². The van der Waals surface area contributed by atoms with Gasteiger partial charge in [-0.3, -0.25) is 13.9 Å². The minimum atomic E-state index is -0.680. The summed E-state index contributed by atoms with van der Waals surface area (Å²) in [5.74, 6) is 0.488. The van der Waals surface area contributed by atoms with Crippen LogP contribution in [0.5, 0.6) is 0 Å². The van der Waals surface area contributed by atoms with E-state index in [0.29, 0.717) is 36.4 Å². The summed E-state index contributed by atoms with van der Waals surface area (Å²) in [6, 6.07) is -0.591. The molecule has 1 amide bonds. The highest BCUT2D eigenvalue weighted by atomic mass is 31.1. The first-order valence-electron chi connectivity index (χ1n) is 12.1. The Morgan fingerprint density at radius 1 is 1.28 bits per heavy atom. The fourth-order valence-electron chi connectivity index (χ4n) is 4.19. The highest BCUT2D eigenvalue weighted by molar-refractivity contribution is 7.23.